The smallest absolute Gasteiger partial charge is 0.306 e. The summed E-state index contributed by atoms with van der Waals surface area (Å²) in [6, 6.07) is 17.1. The van der Waals surface area contributed by atoms with Crippen LogP contribution in [0.1, 0.15) is 123 Å². The Bertz CT molecular complexity index is 2570. The Labute approximate surface area is 487 Å². The maximum Gasteiger partial charge on any atom is 0.306 e. The third-order valence-electron chi connectivity index (χ3n) is 18.2. The Hall–Kier alpha value is -6.52. The molecule has 4 aromatic rings. The van der Waals surface area contributed by atoms with Crippen LogP contribution in [0.3, 0.4) is 0 Å². The first kappa shape index (κ1) is 61.5. The third kappa shape index (κ3) is 14.3. The molecule has 4 atom stereocenters. The lowest BCUT2D eigenvalue weighted by Gasteiger charge is -2.51. The average Bonchev–Trinajstić information content (AvgIpc) is 3.52. The van der Waals surface area contributed by atoms with Gasteiger partial charge in [-0.15, -0.1) is 0 Å². The average molecular weight is 1140 g/mol. The van der Waals surface area contributed by atoms with Gasteiger partial charge in [-0.25, -0.2) is 0 Å². The van der Waals surface area contributed by atoms with Crippen LogP contribution in [0.5, 0.6) is 57.5 Å². The zero-order valence-corrected chi connectivity index (χ0v) is 50.7. The number of hydrogen-bond acceptors (Lipinski definition) is 14. The van der Waals surface area contributed by atoms with Gasteiger partial charge in [0.2, 0.25) is 11.5 Å². The molecule has 448 valence electrons. The number of fused-ring (bicyclic) bond motifs is 2. The van der Waals surface area contributed by atoms with Gasteiger partial charge in [-0.2, -0.15) is 0 Å². The topological polar surface area (TPSA) is 145 Å². The molecule has 16 heteroatoms. The number of methoxy groups -OCH3 is 10. The van der Waals surface area contributed by atoms with Crippen LogP contribution in [0.2, 0.25) is 0 Å². The van der Waals surface area contributed by atoms with E-state index in [2.05, 4.69) is 48.5 Å². The highest BCUT2D eigenvalue weighted by Gasteiger charge is 2.47. The van der Waals surface area contributed by atoms with Gasteiger partial charge in [-0.05, 0) is 109 Å². The summed E-state index contributed by atoms with van der Waals surface area (Å²) >= 11 is 0. The lowest BCUT2D eigenvalue weighted by molar-refractivity contribution is -0.962. The van der Waals surface area contributed by atoms with E-state index >= 15 is 0 Å². The maximum atomic E-state index is 13.2. The van der Waals surface area contributed by atoms with Gasteiger partial charge >= 0.3 is 11.9 Å². The van der Waals surface area contributed by atoms with E-state index < -0.39 is 0 Å². The SMILES string of the molecule is COc1cc2c(cc1OC)[C@@H](Cc1cc(OC)c(OC)c(OC)c1)[N@+](CCCOC(=O)CC/C=C/CCC(=O)OCCC[N@@+]1(CC3CCC3)CCc3cc(OC)c(OC)cc3[C@H]1Cc1cc(OC)c(OC)c(OC)c1)(CC1CCC1)CC2. The first-order chi connectivity index (χ1) is 39.9. The Morgan fingerprint density at radius 2 is 0.793 bits per heavy atom. The maximum absolute atomic E-state index is 13.2. The van der Waals surface area contributed by atoms with Crippen molar-refractivity contribution < 1.29 is 75.4 Å². The molecule has 2 fully saturated rings. The number of benzene rings is 4. The molecule has 0 unspecified atom stereocenters. The quantitative estimate of drug-likeness (QED) is 0.0198. The second kappa shape index (κ2) is 29.1. The van der Waals surface area contributed by atoms with Crippen molar-refractivity contribution in [1.82, 2.24) is 0 Å². The van der Waals surface area contributed by atoms with E-state index in [0.717, 1.165) is 109 Å². The predicted octanol–water partition coefficient (Wildman–Crippen LogP) is 11.4. The summed E-state index contributed by atoms with van der Waals surface area (Å²) in [5, 5.41) is 0. The molecule has 4 aromatic carbocycles. The van der Waals surface area contributed by atoms with Gasteiger partial charge in [0.1, 0.15) is 12.1 Å². The van der Waals surface area contributed by atoms with Crippen LogP contribution in [0.15, 0.2) is 60.7 Å². The van der Waals surface area contributed by atoms with Crippen molar-refractivity contribution in [3.05, 3.63) is 94.1 Å². The summed E-state index contributed by atoms with van der Waals surface area (Å²) in [6.07, 6.45) is 17.7. The number of allylic oxidation sites excluding steroid dienone is 2. The van der Waals surface area contributed by atoms with Crippen molar-refractivity contribution in [3.8, 4) is 57.5 Å². The molecule has 4 aliphatic rings. The molecule has 16 nitrogen and oxygen atoms in total. The van der Waals surface area contributed by atoms with Crippen molar-refractivity contribution in [1.29, 1.82) is 0 Å². The second-order valence-corrected chi connectivity index (χ2v) is 22.8. The Kier molecular flexibility index (Phi) is 21.9. The summed E-state index contributed by atoms with van der Waals surface area (Å²) in [5.41, 5.74) is 7.21. The van der Waals surface area contributed by atoms with E-state index in [1.807, 2.05) is 12.2 Å². The van der Waals surface area contributed by atoms with Gasteiger partial charge < -0.3 is 65.8 Å². The highest BCUT2D eigenvalue weighted by atomic mass is 16.6. The van der Waals surface area contributed by atoms with Crippen LogP contribution in [0.4, 0.5) is 0 Å². The highest BCUT2D eigenvalue weighted by Crippen LogP contribution is 2.50. The molecule has 8 rings (SSSR count). The van der Waals surface area contributed by atoms with Crippen molar-refractivity contribution in [2.45, 2.75) is 115 Å². The van der Waals surface area contributed by atoms with Crippen LogP contribution >= 0.6 is 0 Å². The van der Waals surface area contributed by atoms with E-state index in [0.29, 0.717) is 83.9 Å². The molecule has 0 amide bonds. The van der Waals surface area contributed by atoms with Gasteiger partial charge in [0.15, 0.2) is 46.0 Å². The van der Waals surface area contributed by atoms with E-state index in [1.165, 1.54) is 60.8 Å². The van der Waals surface area contributed by atoms with Gasteiger partial charge in [-0.1, -0.05) is 25.0 Å². The number of esters is 2. The Morgan fingerprint density at radius 1 is 0.451 bits per heavy atom. The fraction of sp³-hybridized carbons (Fsp3) is 0.576. The molecule has 0 aromatic heterocycles. The molecule has 0 N–H and O–H groups in total. The summed E-state index contributed by atoms with van der Waals surface area (Å²) < 4.78 is 71.5. The van der Waals surface area contributed by atoms with Crippen molar-refractivity contribution in [2.75, 3.05) is 124 Å². The van der Waals surface area contributed by atoms with Crippen molar-refractivity contribution in [3.63, 3.8) is 0 Å². The minimum atomic E-state index is -0.219. The summed E-state index contributed by atoms with van der Waals surface area (Å²) in [5.74, 6) is 7.38. The van der Waals surface area contributed by atoms with Gasteiger partial charge in [0, 0.05) is 74.3 Å². The van der Waals surface area contributed by atoms with Gasteiger partial charge in [-0.3, -0.25) is 9.59 Å². The zero-order chi connectivity index (χ0) is 58.2. The van der Waals surface area contributed by atoms with E-state index in [1.54, 1.807) is 71.1 Å². The lowest BCUT2D eigenvalue weighted by Crippen LogP contribution is -2.58. The summed E-state index contributed by atoms with van der Waals surface area (Å²) in [7, 11) is 16.6. The standard InChI is InChI=1S/C66H92N2O14/c1-71-55-39-49-25-29-67(43-45-19-15-20-45,53(51(49)41-57(55)73-3)33-47-35-59(75-5)65(79-9)60(36-47)76-6)27-17-31-81-63(69)23-13-11-12-14-24-64(70)82-32-18-28-68(44-46-21-16-22-46)30-26-50-40-56(72-2)58(74-4)42-52(50)54(68)34-48-37-61(77-7)66(80-10)62(38-48)78-8/h11-12,35-42,45-46,53-54H,13-34,43-44H2,1-10H3/q+2/b12-11+/t53-,54-,67+,68+/m1/s1. The largest absolute Gasteiger partial charge is 0.493 e. The van der Waals surface area contributed by atoms with Crippen LogP contribution in [-0.2, 0) is 44.7 Å². The molecule has 2 aliphatic heterocycles. The molecule has 0 saturated heterocycles. The fourth-order valence-corrected chi connectivity index (χ4v) is 13.5. The van der Waals surface area contributed by atoms with Crippen LogP contribution in [0.25, 0.3) is 0 Å². The summed E-state index contributed by atoms with van der Waals surface area (Å²) in [6.45, 7) is 6.45. The molecule has 82 heavy (non-hydrogen) atoms. The van der Waals surface area contributed by atoms with Crippen molar-refractivity contribution >= 4 is 11.9 Å². The monoisotopic (exact) mass is 1140 g/mol. The van der Waals surface area contributed by atoms with Gasteiger partial charge in [0.25, 0.3) is 0 Å². The van der Waals surface area contributed by atoms with E-state index in [9.17, 15) is 9.59 Å². The van der Waals surface area contributed by atoms with Crippen LogP contribution in [-0.4, -0.2) is 144 Å². The number of carbonyl (C=O) groups is 2. The van der Waals surface area contributed by atoms with Crippen LogP contribution in [0, 0.1) is 11.8 Å². The number of hydrogen-bond donors (Lipinski definition) is 0. The summed E-state index contributed by atoms with van der Waals surface area (Å²) in [4.78, 5) is 26.3. The Balaban J connectivity index is 0.847. The van der Waals surface area contributed by atoms with Gasteiger partial charge in [0.05, 0.1) is 124 Å². The molecule has 0 bridgehead atoms. The first-order valence-electron chi connectivity index (χ1n) is 29.7. The van der Waals surface area contributed by atoms with Crippen LogP contribution < -0.4 is 47.4 Å². The molecule has 2 aliphatic carbocycles. The van der Waals surface area contributed by atoms with E-state index in [-0.39, 0.29) is 36.9 Å². The highest BCUT2D eigenvalue weighted by molar-refractivity contribution is 5.70. The number of quaternary nitrogens is 2. The first-order valence-corrected chi connectivity index (χ1v) is 29.7. The number of carbonyl (C=O) groups excluding carboxylic acids is 2. The number of rotatable bonds is 32. The molecule has 0 radical (unpaired) electrons. The normalized spacial score (nSPS) is 20.3. The minimum absolute atomic E-state index is 0.0929. The Morgan fingerprint density at radius 3 is 1.10 bits per heavy atom. The number of ether oxygens (including phenoxy) is 12. The van der Waals surface area contributed by atoms with Crippen molar-refractivity contribution in [2.24, 2.45) is 11.8 Å². The lowest BCUT2D eigenvalue weighted by atomic mass is 9.80. The predicted molar refractivity (Wildman–Crippen MR) is 315 cm³/mol. The molecule has 0 spiro atoms. The minimum Gasteiger partial charge on any atom is -0.493 e. The zero-order valence-electron chi connectivity index (χ0n) is 50.7. The second-order valence-electron chi connectivity index (χ2n) is 22.8. The number of nitrogens with zero attached hydrogens (tertiary/aromatic N) is 2. The molecule has 2 heterocycles. The molecule has 2 saturated carbocycles. The molecular formula is C66H92N2O14+2. The fourth-order valence-electron chi connectivity index (χ4n) is 13.5. The van der Waals surface area contributed by atoms with E-state index in [4.69, 9.17) is 56.8 Å². The third-order valence-corrected chi connectivity index (χ3v) is 18.2. The molecular weight excluding hydrogens is 1040 g/mol.